The first-order valence-electron chi connectivity index (χ1n) is 8.14. The van der Waals surface area contributed by atoms with Crippen molar-refractivity contribution in [2.75, 3.05) is 13.1 Å². The van der Waals surface area contributed by atoms with E-state index < -0.39 is 0 Å². The Labute approximate surface area is 114 Å². The molecule has 0 radical (unpaired) electrons. The predicted molar refractivity (Wildman–Crippen MR) is 80.9 cm³/mol. The molecule has 2 N–H and O–H groups in total. The first-order chi connectivity index (χ1) is 8.68. The summed E-state index contributed by atoms with van der Waals surface area (Å²) < 4.78 is 0. The number of rotatable bonds is 9. The molecule has 0 aromatic heterocycles. The van der Waals surface area contributed by atoms with Crippen LogP contribution >= 0.6 is 0 Å². The lowest BCUT2D eigenvalue weighted by atomic mass is 9.91. The summed E-state index contributed by atoms with van der Waals surface area (Å²) in [6.45, 7) is 9.07. The van der Waals surface area contributed by atoms with Crippen LogP contribution in [0.25, 0.3) is 0 Å². The van der Waals surface area contributed by atoms with E-state index in [0.29, 0.717) is 0 Å². The van der Waals surface area contributed by atoms with E-state index in [-0.39, 0.29) is 5.54 Å². The highest BCUT2D eigenvalue weighted by molar-refractivity contribution is 4.94. The van der Waals surface area contributed by atoms with E-state index in [2.05, 4.69) is 25.7 Å². The molecule has 0 spiro atoms. The van der Waals surface area contributed by atoms with Gasteiger partial charge in [0.25, 0.3) is 0 Å². The molecular formula is C16H34N2. The highest BCUT2D eigenvalue weighted by Crippen LogP contribution is 2.31. The van der Waals surface area contributed by atoms with E-state index in [1.54, 1.807) is 0 Å². The maximum Gasteiger partial charge on any atom is 0.0306 e. The quantitative estimate of drug-likeness (QED) is 0.632. The fourth-order valence-corrected chi connectivity index (χ4v) is 3.44. The maximum absolute atomic E-state index is 6.10. The summed E-state index contributed by atoms with van der Waals surface area (Å²) in [5, 5.41) is 0. The highest BCUT2D eigenvalue weighted by atomic mass is 15.2. The van der Waals surface area contributed by atoms with Crippen molar-refractivity contribution in [1.82, 2.24) is 4.90 Å². The van der Waals surface area contributed by atoms with E-state index >= 15 is 0 Å². The van der Waals surface area contributed by atoms with Crippen LogP contribution < -0.4 is 5.73 Å². The minimum atomic E-state index is 0.253. The van der Waals surface area contributed by atoms with Gasteiger partial charge in [-0.2, -0.15) is 0 Å². The van der Waals surface area contributed by atoms with Gasteiger partial charge in [0, 0.05) is 18.1 Å². The number of unbranched alkanes of at least 4 members (excludes halogenated alkanes) is 4. The SMILES string of the molecule is CCCCCCCC(C)(CN)N1CCCC1CC. The van der Waals surface area contributed by atoms with Gasteiger partial charge in [0.1, 0.15) is 0 Å². The lowest BCUT2D eigenvalue weighted by molar-refractivity contribution is 0.0829. The van der Waals surface area contributed by atoms with E-state index in [0.717, 1.165) is 12.6 Å². The molecule has 0 aromatic carbocycles. The Balaban J connectivity index is 2.40. The Morgan fingerprint density at radius 2 is 1.89 bits per heavy atom. The second kappa shape index (κ2) is 8.16. The lowest BCUT2D eigenvalue weighted by Crippen LogP contribution is -2.53. The van der Waals surface area contributed by atoms with Gasteiger partial charge >= 0.3 is 0 Å². The molecule has 1 heterocycles. The van der Waals surface area contributed by atoms with Crippen molar-refractivity contribution >= 4 is 0 Å². The molecule has 0 aromatic rings. The molecule has 1 rings (SSSR count). The van der Waals surface area contributed by atoms with Crippen LogP contribution in [-0.2, 0) is 0 Å². The standard InChI is InChI=1S/C16H34N2/c1-4-6-7-8-9-12-16(3,14-17)18-13-10-11-15(18)5-2/h15H,4-14,17H2,1-3H3. The zero-order chi connectivity index (χ0) is 13.4. The number of nitrogens with two attached hydrogens (primary N) is 1. The van der Waals surface area contributed by atoms with Crippen LogP contribution in [0.2, 0.25) is 0 Å². The van der Waals surface area contributed by atoms with Gasteiger partial charge in [-0.25, -0.2) is 0 Å². The molecule has 1 aliphatic rings. The van der Waals surface area contributed by atoms with Crippen LogP contribution in [0.15, 0.2) is 0 Å². The van der Waals surface area contributed by atoms with Crippen molar-refractivity contribution in [2.24, 2.45) is 5.73 Å². The van der Waals surface area contributed by atoms with Gasteiger partial charge in [-0.15, -0.1) is 0 Å². The van der Waals surface area contributed by atoms with Gasteiger partial charge in [0.2, 0.25) is 0 Å². The molecule has 0 amide bonds. The largest absolute Gasteiger partial charge is 0.329 e. The van der Waals surface area contributed by atoms with Gasteiger partial charge in [-0.05, 0) is 39.2 Å². The second-order valence-electron chi connectivity index (χ2n) is 6.26. The molecule has 18 heavy (non-hydrogen) atoms. The molecule has 2 heteroatoms. The van der Waals surface area contributed by atoms with E-state index in [4.69, 9.17) is 5.73 Å². The third-order valence-electron chi connectivity index (χ3n) is 4.80. The fraction of sp³-hybridized carbons (Fsp3) is 1.00. The summed E-state index contributed by atoms with van der Waals surface area (Å²) in [6.07, 6.45) is 12.2. The smallest absolute Gasteiger partial charge is 0.0306 e. The van der Waals surface area contributed by atoms with Crippen LogP contribution in [0.5, 0.6) is 0 Å². The Hall–Kier alpha value is -0.0800. The summed E-state index contributed by atoms with van der Waals surface area (Å²) >= 11 is 0. The van der Waals surface area contributed by atoms with Gasteiger partial charge < -0.3 is 5.73 Å². The van der Waals surface area contributed by atoms with Crippen molar-refractivity contribution in [1.29, 1.82) is 0 Å². The van der Waals surface area contributed by atoms with Gasteiger partial charge in [-0.1, -0.05) is 46.0 Å². The number of likely N-dealkylation sites (tertiary alicyclic amines) is 1. The monoisotopic (exact) mass is 254 g/mol. The zero-order valence-electron chi connectivity index (χ0n) is 12.9. The molecule has 0 aliphatic carbocycles. The molecule has 0 bridgehead atoms. The Kier molecular flexibility index (Phi) is 7.25. The van der Waals surface area contributed by atoms with Crippen molar-refractivity contribution in [2.45, 2.75) is 90.1 Å². The molecule has 2 unspecified atom stereocenters. The predicted octanol–water partition coefficient (Wildman–Crippen LogP) is 3.94. The zero-order valence-corrected chi connectivity index (χ0v) is 12.9. The highest BCUT2D eigenvalue weighted by Gasteiger charge is 2.36. The Morgan fingerprint density at radius 1 is 1.17 bits per heavy atom. The molecule has 2 atom stereocenters. The average Bonchev–Trinajstić information content (AvgIpc) is 2.87. The normalized spacial score (nSPS) is 24.3. The average molecular weight is 254 g/mol. The summed E-state index contributed by atoms with van der Waals surface area (Å²) in [7, 11) is 0. The van der Waals surface area contributed by atoms with E-state index in [1.165, 1.54) is 64.3 Å². The van der Waals surface area contributed by atoms with Crippen molar-refractivity contribution in [3.8, 4) is 0 Å². The third kappa shape index (κ3) is 4.24. The van der Waals surface area contributed by atoms with Crippen LogP contribution in [-0.4, -0.2) is 29.6 Å². The van der Waals surface area contributed by atoms with Crippen LogP contribution in [0.4, 0.5) is 0 Å². The number of hydrogen-bond acceptors (Lipinski definition) is 2. The maximum atomic E-state index is 6.10. The van der Waals surface area contributed by atoms with E-state index in [1.807, 2.05) is 0 Å². The second-order valence-corrected chi connectivity index (χ2v) is 6.26. The molecular weight excluding hydrogens is 220 g/mol. The first-order valence-corrected chi connectivity index (χ1v) is 8.14. The Bertz CT molecular complexity index is 217. The van der Waals surface area contributed by atoms with Crippen molar-refractivity contribution in [3.63, 3.8) is 0 Å². The molecule has 1 fully saturated rings. The number of hydrogen-bond donors (Lipinski definition) is 1. The van der Waals surface area contributed by atoms with Gasteiger partial charge in [-0.3, -0.25) is 4.90 Å². The molecule has 1 saturated heterocycles. The lowest BCUT2D eigenvalue weighted by Gasteiger charge is -2.42. The first kappa shape index (κ1) is 16.0. The van der Waals surface area contributed by atoms with Crippen LogP contribution in [0.1, 0.15) is 78.6 Å². The van der Waals surface area contributed by atoms with Crippen molar-refractivity contribution < 1.29 is 0 Å². The topological polar surface area (TPSA) is 29.3 Å². The van der Waals surface area contributed by atoms with E-state index in [9.17, 15) is 0 Å². The molecule has 2 nitrogen and oxygen atoms in total. The summed E-state index contributed by atoms with van der Waals surface area (Å²) in [5.74, 6) is 0. The summed E-state index contributed by atoms with van der Waals surface area (Å²) in [4.78, 5) is 2.72. The number of nitrogens with zero attached hydrogens (tertiary/aromatic N) is 1. The summed E-state index contributed by atoms with van der Waals surface area (Å²) in [6, 6.07) is 0.786. The third-order valence-corrected chi connectivity index (χ3v) is 4.80. The minimum Gasteiger partial charge on any atom is -0.329 e. The molecule has 0 saturated carbocycles. The van der Waals surface area contributed by atoms with Crippen molar-refractivity contribution in [3.05, 3.63) is 0 Å². The fourth-order valence-electron chi connectivity index (χ4n) is 3.44. The van der Waals surface area contributed by atoms with Gasteiger partial charge in [0.05, 0.1) is 0 Å². The minimum absolute atomic E-state index is 0.253. The van der Waals surface area contributed by atoms with Crippen LogP contribution in [0.3, 0.4) is 0 Å². The van der Waals surface area contributed by atoms with Crippen LogP contribution in [0, 0.1) is 0 Å². The van der Waals surface area contributed by atoms with Gasteiger partial charge in [0.15, 0.2) is 0 Å². The molecule has 1 aliphatic heterocycles. The summed E-state index contributed by atoms with van der Waals surface area (Å²) in [5.41, 5.74) is 6.36. The Morgan fingerprint density at radius 3 is 2.50 bits per heavy atom. The molecule has 108 valence electrons.